The maximum Gasteiger partial charge on any atom is 0.222 e. The van der Waals surface area contributed by atoms with E-state index in [0.717, 1.165) is 44.2 Å². The second kappa shape index (κ2) is 6.35. The van der Waals surface area contributed by atoms with Gasteiger partial charge in [-0.15, -0.1) is 0 Å². The number of amides is 1. The third-order valence-electron chi connectivity index (χ3n) is 4.55. The molecule has 0 radical (unpaired) electrons. The van der Waals surface area contributed by atoms with Crippen LogP contribution in [0.1, 0.15) is 24.8 Å². The minimum absolute atomic E-state index is 0.289. The van der Waals surface area contributed by atoms with E-state index in [1.54, 1.807) is 6.20 Å². The molecule has 0 bridgehead atoms. The summed E-state index contributed by atoms with van der Waals surface area (Å²) in [5.41, 5.74) is 1.14. The van der Waals surface area contributed by atoms with Gasteiger partial charge in [-0.05, 0) is 42.7 Å². The van der Waals surface area contributed by atoms with Gasteiger partial charge in [0.1, 0.15) is 0 Å². The molecule has 0 aromatic carbocycles. The molecule has 4 heteroatoms. The molecule has 3 rings (SSSR count). The first-order valence-corrected chi connectivity index (χ1v) is 7.57. The minimum atomic E-state index is 0.289. The molecular weight excluding hydrogens is 252 g/mol. The van der Waals surface area contributed by atoms with Crippen molar-refractivity contribution in [3.8, 4) is 0 Å². The number of likely N-dealkylation sites (tertiary alicyclic amines) is 1. The zero-order valence-corrected chi connectivity index (χ0v) is 11.8. The highest BCUT2D eigenvalue weighted by Crippen LogP contribution is 2.31. The van der Waals surface area contributed by atoms with E-state index in [0.29, 0.717) is 12.3 Å². The van der Waals surface area contributed by atoms with Crippen molar-refractivity contribution in [1.29, 1.82) is 0 Å². The molecule has 1 amide bonds. The molecular formula is C16H22N2O2. The molecule has 2 aliphatic heterocycles. The first kappa shape index (κ1) is 13.6. The van der Waals surface area contributed by atoms with Crippen molar-refractivity contribution in [2.24, 2.45) is 11.8 Å². The summed E-state index contributed by atoms with van der Waals surface area (Å²) in [6, 6.07) is 3.95. The van der Waals surface area contributed by atoms with Crippen molar-refractivity contribution in [2.45, 2.75) is 25.7 Å². The van der Waals surface area contributed by atoms with Gasteiger partial charge in [-0.1, -0.05) is 6.07 Å². The Bertz CT molecular complexity index is 437. The van der Waals surface area contributed by atoms with Gasteiger partial charge < -0.3 is 9.64 Å². The molecule has 2 fully saturated rings. The number of hydrogen-bond donors (Lipinski definition) is 0. The highest BCUT2D eigenvalue weighted by Gasteiger charge is 2.36. The zero-order chi connectivity index (χ0) is 13.8. The second-order valence-corrected chi connectivity index (χ2v) is 5.87. The van der Waals surface area contributed by atoms with Crippen LogP contribution in [0.3, 0.4) is 0 Å². The fraction of sp³-hybridized carbons (Fsp3) is 0.625. The second-order valence-electron chi connectivity index (χ2n) is 5.87. The van der Waals surface area contributed by atoms with E-state index >= 15 is 0 Å². The minimum Gasteiger partial charge on any atom is -0.381 e. The molecule has 108 valence electrons. The van der Waals surface area contributed by atoms with Gasteiger partial charge in [0, 0.05) is 45.1 Å². The van der Waals surface area contributed by atoms with E-state index in [2.05, 4.69) is 4.98 Å². The van der Waals surface area contributed by atoms with Gasteiger partial charge in [-0.3, -0.25) is 9.78 Å². The monoisotopic (exact) mass is 274 g/mol. The summed E-state index contributed by atoms with van der Waals surface area (Å²) in [5, 5.41) is 0. The van der Waals surface area contributed by atoms with Crippen LogP contribution in [0.4, 0.5) is 0 Å². The fourth-order valence-electron chi connectivity index (χ4n) is 3.16. The van der Waals surface area contributed by atoms with Gasteiger partial charge in [-0.25, -0.2) is 0 Å². The molecule has 4 nitrogen and oxygen atoms in total. The Morgan fingerprint density at radius 3 is 2.80 bits per heavy atom. The summed E-state index contributed by atoms with van der Waals surface area (Å²) >= 11 is 0. The molecule has 0 atom stereocenters. The predicted octanol–water partition coefficient (Wildman–Crippen LogP) is 1.90. The van der Waals surface area contributed by atoms with E-state index in [1.165, 1.54) is 12.8 Å². The van der Waals surface area contributed by atoms with Crippen molar-refractivity contribution >= 4 is 5.91 Å². The van der Waals surface area contributed by atoms with E-state index < -0.39 is 0 Å². The maximum absolute atomic E-state index is 12.1. The summed E-state index contributed by atoms with van der Waals surface area (Å²) in [6.45, 7) is 3.71. The smallest absolute Gasteiger partial charge is 0.222 e. The molecule has 20 heavy (non-hydrogen) atoms. The van der Waals surface area contributed by atoms with Crippen LogP contribution in [0.25, 0.3) is 0 Å². The van der Waals surface area contributed by atoms with Gasteiger partial charge in [-0.2, -0.15) is 0 Å². The lowest BCUT2D eigenvalue weighted by Gasteiger charge is -2.44. The number of aromatic nitrogens is 1. The number of pyridine rings is 1. The van der Waals surface area contributed by atoms with Crippen molar-refractivity contribution in [1.82, 2.24) is 9.88 Å². The number of carbonyl (C=O) groups excluding carboxylic acids is 1. The Morgan fingerprint density at radius 1 is 1.30 bits per heavy atom. The van der Waals surface area contributed by atoms with Crippen LogP contribution in [-0.4, -0.2) is 42.1 Å². The number of rotatable bonds is 4. The van der Waals surface area contributed by atoms with Crippen molar-refractivity contribution in [3.63, 3.8) is 0 Å². The average Bonchev–Trinajstić information content (AvgIpc) is 2.46. The summed E-state index contributed by atoms with van der Waals surface area (Å²) in [4.78, 5) is 18.2. The van der Waals surface area contributed by atoms with E-state index in [1.807, 2.05) is 23.2 Å². The van der Waals surface area contributed by atoms with Crippen molar-refractivity contribution in [2.75, 3.05) is 26.3 Å². The van der Waals surface area contributed by atoms with Gasteiger partial charge >= 0.3 is 0 Å². The molecule has 1 aromatic heterocycles. The third-order valence-corrected chi connectivity index (χ3v) is 4.55. The Hall–Kier alpha value is -1.42. The topological polar surface area (TPSA) is 42.4 Å². The van der Waals surface area contributed by atoms with Gasteiger partial charge in [0.15, 0.2) is 0 Å². The Labute approximate surface area is 120 Å². The van der Waals surface area contributed by atoms with Crippen LogP contribution in [0.5, 0.6) is 0 Å². The SMILES string of the molecule is O=C(CCc1cccnc1)N1CC(C2CCOCC2)C1. The van der Waals surface area contributed by atoms with Crippen LogP contribution < -0.4 is 0 Å². The van der Waals surface area contributed by atoms with Crippen LogP contribution in [0.2, 0.25) is 0 Å². The maximum atomic E-state index is 12.1. The molecule has 3 heterocycles. The average molecular weight is 274 g/mol. The highest BCUT2D eigenvalue weighted by molar-refractivity contribution is 5.77. The molecule has 0 unspecified atom stereocenters. The number of carbonyl (C=O) groups is 1. The number of hydrogen-bond acceptors (Lipinski definition) is 3. The van der Waals surface area contributed by atoms with Crippen molar-refractivity contribution in [3.05, 3.63) is 30.1 Å². The normalized spacial score (nSPS) is 20.7. The quantitative estimate of drug-likeness (QED) is 0.842. The lowest BCUT2D eigenvalue weighted by molar-refractivity contribution is -0.139. The lowest BCUT2D eigenvalue weighted by atomic mass is 9.81. The largest absolute Gasteiger partial charge is 0.381 e. The third kappa shape index (κ3) is 3.18. The van der Waals surface area contributed by atoms with E-state index in [9.17, 15) is 4.79 Å². The van der Waals surface area contributed by atoms with Crippen LogP contribution >= 0.6 is 0 Å². The van der Waals surface area contributed by atoms with E-state index in [-0.39, 0.29) is 5.91 Å². The summed E-state index contributed by atoms with van der Waals surface area (Å²) in [7, 11) is 0. The summed E-state index contributed by atoms with van der Waals surface area (Å²) < 4.78 is 5.39. The summed E-state index contributed by atoms with van der Waals surface area (Å²) in [6.07, 6.45) is 7.34. The highest BCUT2D eigenvalue weighted by atomic mass is 16.5. The molecule has 0 saturated carbocycles. The first-order valence-electron chi connectivity index (χ1n) is 7.57. The molecule has 1 aromatic rings. The van der Waals surface area contributed by atoms with Crippen molar-refractivity contribution < 1.29 is 9.53 Å². The zero-order valence-electron chi connectivity index (χ0n) is 11.8. The number of aryl methyl sites for hydroxylation is 1. The van der Waals surface area contributed by atoms with Crippen LogP contribution in [-0.2, 0) is 16.0 Å². The van der Waals surface area contributed by atoms with Crippen LogP contribution in [0.15, 0.2) is 24.5 Å². The molecule has 2 saturated heterocycles. The van der Waals surface area contributed by atoms with Gasteiger partial charge in [0.2, 0.25) is 5.91 Å². The molecule has 0 aliphatic carbocycles. The van der Waals surface area contributed by atoms with Gasteiger partial charge in [0.25, 0.3) is 0 Å². The van der Waals surface area contributed by atoms with Crippen LogP contribution in [0, 0.1) is 11.8 Å². The molecule has 2 aliphatic rings. The standard InChI is InChI=1S/C16H22N2O2/c19-16(4-3-13-2-1-7-17-10-13)18-11-15(12-18)14-5-8-20-9-6-14/h1-2,7,10,14-15H,3-6,8-9,11-12H2. The molecule has 0 spiro atoms. The van der Waals surface area contributed by atoms with E-state index in [4.69, 9.17) is 4.74 Å². The number of nitrogens with zero attached hydrogens (tertiary/aromatic N) is 2. The Kier molecular flexibility index (Phi) is 4.31. The summed E-state index contributed by atoms with van der Waals surface area (Å²) in [5.74, 6) is 1.77. The lowest BCUT2D eigenvalue weighted by Crippen LogP contribution is -2.53. The van der Waals surface area contributed by atoms with Gasteiger partial charge in [0.05, 0.1) is 0 Å². The Balaban J connectivity index is 1.39. The first-order chi connectivity index (χ1) is 9.83. The Morgan fingerprint density at radius 2 is 2.10 bits per heavy atom. The number of ether oxygens (including phenoxy) is 1. The fourth-order valence-corrected chi connectivity index (χ4v) is 3.16. The predicted molar refractivity (Wildman–Crippen MR) is 76.2 cm³/mol. The molecule has 0 N–H and O–H groups in total.